The predicted octanol–water partition coefficient (Wildman–Crippen LogP) is 3.97. The number of aliphatic hydroxyl groups is 1. The molecule has 0 aromatic heterocycles. The van der Waals surface area contributed by atoms with Gasteiger partial charge in [-0.05, 0) is 31.0 Å². The molecule has 0 aromatic carbocycles. The first-order valence-corrected chi connectivity index (χ1v) is 11.5. The van der Waals surface area contributed by atoms with Crippen molar-refractivity contribution in [2.45, 2.75) is 91.6 Å². The first-order chi connectivity index (χ1) is 10.2. The minimum Gasteiger partial charge on any atom is -0.413 e. The van der Waals surface area contributed by atoms with Crippen LogP contribution in [0.3, 0.4) is 0 Å². The molecule has 1 unspecified atom stereocenters. The Kier molecular flexibility index (Phi) is 8.34. The van der Waals surface area contributed by atoms with E-state index in [9.17, 15) is 14.7 Å². The number of carbonyl (C=O) groups excluding carboxylic acids is 2. The predicted molar refractivity (Wildman–Crippen MR) is 97.0 cm³/mol. The average Bonchev–Trinajstić information content (AvgIpc) is 2.32. The molecule has 0 aliphatic rings. The van der Waals surface area contributed by atoms with Crippen molar-refractivity contribution in [3.63, 3.8) is 0 Å². The topological polar surface area (TPSA) is 63.6 Å². The van der Waals surface area contributed by atoms with Crippen LogP contribution in [0.2, 0.25) is 18.1 Å². The lowest BCUT2D eigenvalue weighted by atomic mass is 9.88. The van der Waals surface area contributed by atoms with Crippen molar-refractivity contribution in [3.8, 4) is 0 Å². The molecule has 0 aliphatic heterocycles. The van der Waals surface area contributed by atoms with Crippen LogP contribution < -0.4 is 0 Å². The Balaban J connectivity index is 5.02. The monoisotopic (exact) mass is 344 g/mol. The van der Waals surface area contributed by atoms with E-state index in [4.69, 9.17) is 4.43 Å². The van der Waals surface area contributed by atoms with Crippen molar-refractivity contribution in [1.82, 2.24) is 0 Å². The van der Waals surface area contributed by atoms with Crippen molar-refractivity contribution in [3.05, 3.63) is 0 Å². The molecule has 4 nitrogen and oxygen atoms in total. The van der Waals surface area contributed by atoms with Crippen molar-refractivity contribution in [1.29, 1.82) is 0 Å². The molecule has 0 bridgehead atoms. The van der Waals surface area contributed by atoms with E-state index in [1.165, 1.54) is 6.92 Å². The SMILES string of the molecule is CC(=O)CC(=O)CC(O)[C@H](C)[C@H](O[Si](C)(C)C(C)(C)C)C(C)C. The minimum atomic E-state index is -1.96. The van der Waals surface area contributed by atoms with E-state index in [0.29, 0.717) is 0 Å². The molecular formula is C18H36O4Si. The summed E-state index contributed by atoms with van der Waals surface area (Å²) in [6.45, 7) is 18.5. The Morgan fingerprint density at radius 2 is 1.61 bits per heavy atom. The largest absolute Gasteiger partial charge is 0.413 e. The Hall–Kier alpha value is -0.523. The normalized spacial score (nSPS) is 17.0. The molecule has 1 N–H and O–H groups in total. The molecule has 0 heterocycles. The zero-order chi connectivity index (χ0) is 18.6. The van der Waals surface area contributed by atoms with E-state index in [0.717, 1.165) is 0 Å². The van der Waals surface area contributed by atoms with Crippen molar-refractivity contribution < 1.29 is 19.1 Å². The van der Waals surface area contributed by atoms with Crippen LogP contribution in [-0.2, 0) is 14.0 Å². The van der Waals surface area contributed by atoms with Crippen molar-refractivity contribution in [2.75, 3.05) is 0 Å². The fraction of sp³-hybridized carbons (Fsp3) is 0.889. The van der Waals surface area contributed by atoms with Crippen LogP contribution in [-0.4, -0.2) is 37.2 Å². The lowest BCUT2D eigenvalue weighted by Crippen LogP contribution is -2.49. The van der Waals surface area contributed by atoms with E-state index in [-0.39, 0.29) is 47.4 Å². The number of ketones is 2. The highest BCUT2D eigenvalue weighted by Crippen LogP contribution is 2.39. The van der Waals surface area contributed by atoms with Gasteiger partial charge in [0.2, 0.25) is 0 Å². The van der Waals surface area contributed by atoms with Crippen LogP contribution in [0.5, 0.6) is 0 Å². The molecule has 0 aromatic rings. The van der Waals surface area contributed by atoms with Crippen LogP contribution in [0.15, 0.2) is 0 Å². The van der Waals surface area contributed by atoms with Gasteiger partial charge in [-0.1, -0.05) is 41.5 Å². The van der Waals surface area contributed by atoms with Gasteiger partial charge in [0.1, 0.15) is 11.6 Å². The maximum Gasteiger partial charge on any atom is 0.192 e. The Morgan fingerprint density at radius 1 is 1.13 bits per heavy atom. The number of aliphatic hydroxyl groups excluding tert-OH is 1. The number of hydrogen-bond donors (Lipinski definition) is 1. The minimum absolute atomic E-state index is 0.0187. The molecule has 3 atom stereocenters. The number of Topliss-reactive ketones (excluding diaryl/α,β-unsaturated/α-hetero) is 2. The van der Waals surface area contributed by atoms with Crippen LogP contribution in [0, 0.1) is 11.8 Å². The number of hydrogen-bond acceptors (Lipinski definition) is 4. The average molecular weight is 345 g/mol. The van der Waals surface area contributed by atoms with E-state index in [2.05, 4.69) is 47.7 Å². The Labute approximate surface area is 143 Å². The number of carbonyl (C=O) groups is 2. The molecule has 0 spiro atoms. The Morgan fingerprint density at radius 3 is 1.96 bits per heavy atom. The summed E-state index contributed by atoms with van der Waals surface area (Å²) in [6, 6.07) is 0. The van der Waals surface area contributed by atoms with Gasteiger partial charge >= 0.3 is 0 Å². The van der Waals surface area contributed by atoms with Gasteiger partial charge in [0.25, 0.3) is 0 Å². The van der Waals surface area contributed by atoms with Gasteiger partial charge in [-0.2, -0.15) is 0 Å². The van der Waals surface area contributed by atoms with Crippen molar-refractivity contribution in [2.24, 2.45) is 11.8 Å². The molecule has 23 heavy (non-hydrogen) atoms. The molecule has 0 rings (SSSR count). The zero-order valence-corrected chi connectivity index (χ0v) is 17.4. The van der Waals surface area contributed by atoms with Gasteiger partial charge in [0, 0.05) is 12.3 Å². The highest BCUT2D eigenvalue weighted by molar-refractivity contribution is 6.74. The standard InChI is InChI=1S/C18H36O4Si/c1-12(2)17(22-23(8,9)18(5,6)7)14(4)16(21)11-15(20)10-13(3)19/h12,14,16-17,21H,10-11H2,1-9H3/t14-,16?,17+/m0/s1. The van der Waals surface area contributed by atoms with Crippen LogP contribution in [0.25, 0.3) is 0 Å². The van der Waals surface area contributed by atoms with Crippen molar-refractivity contribution >= 4 is 19.9 Å². The van der Waals surface area contributed by atoms with E-state index in [1.807, 2.05) is 6.92 Å². The van der Waals surface area contributed by atoms with E-state index in [1.54, 1.807) is 0 Å². The summed E-state index contributed by atoms with van der Waals surface area (Å²) in [6.07, 6.45) is -0.959. The highest BCUT2D eigenvalue weighted by Gasteiger charge is 2.42. The molecule has 0 fully saturated rings. The summed E-state index contributed by atoms with van der Waals surface area (Å²) < 4.78 is 6.51. The van der Waals surface area contributed by atoms with Gasteiger partial charge in [-0.25, -0.2) is 0 Å². The molecule has 136 valence electrons. The second-order valence-corrected chi connectivity index (χ2v) is 13.4. The third-order valence-electron chi connectivity index (χ3n) is 4.90. The summed E-state index contributed by atoms with van der Waals surface area (Å²) in [5.41, 5.74) is 0. The molecular weight excluding hydrogens is 308 g/mol. The van der Waals surface area contributed by atoms with Gasteiger partial charge in [-0.15, -0.1) is 0 Å². The van der Waals surface area contributed by atoms with Gasteiger partial charge in [-0.3, -0.25) is 9.59 Å². The fourth-order valence-corrected chi connectivity index (χ4v) is 3.88. The maximum absolute atomic E-state index is 11.8. The van der Waals surface area contributed by atoms with E-state index >= 15 is 0 Å². The summed E-state index contributed by atoms with van der Waals surface area (Å²) in [5.74, 6) is -0.267. The summed E-state index contributed by atoms with van der Waals surface area (Å²) in [7, 11) is -1.96. The van der Waals surface area contributed by atoms with E-state index < -0.39 is 14.4 Å². The van der Waals surface area contributed by atoms with Crippen LogP contribution >= 0.6 is 0 Å². The molecule has 5 heteroatoms. The summed E-state index contributed by atoms with van der Waals surface area (Å²) in [5, 5.41) is 10.5. The maximum atomic E-state index is 11.8. The first kappa shape index (κ1) is 22.5. The lowest BCUT2D eigenvalue weighted by Gasteiger charge is -2.43. The first-order valence-electron chi connectivity index (χ1n) is 8.56. The van der Waals surface area contributed by atoms with Gasteiger partial charge < -0.3 is 9.53 Å². The van der Waals surface area contributed by atoms with Crippen LogP contribution in [0.1, 0.15) is 61.3 Å². The zero-order valence-electron chi connectivity index (χ0n) is 16.4. The van der Waals surface area contributed by atoms with Gasteiger partial charge in [0.15, 0.2) is 8.32 Å². The highest BCUT2D eigenvalue weighted by atomic mass is 28.4. The third kappa shape index (κ3) is 7.27. The lowest BCUT2D eigenvalue weighted by molar-refractivity contribution is -0.127. The molecule has 0 radical (unpaired) electrons. The Bertz CT molecular complexity index is 410. The fourth-order valence-electron chi connectivity index (χ4n) is 2.36. The molecule has 0 aliphatic carbocycles. The second-order valence-electron chi connectivity index (χ2n) is 8.63. The van der Waals surface area contributed by atoms with Crippen LogP contribution in [0.4, 0.5) is 0 Å². The quantitative estimate of drug-likeness (QED) is 0.508. The molecule has 0 amide bonds. The summed E-state index contributed by atoms with van der Waals surface area (Å²) >= 11 is 0. The number of rotatable bonds is 9. The molecule has 0 saturated heterocycles. The third-order valence-corrected chi connectivity index (χ3v) is 9.38. The molecule has 0 saturated carbocycles. The second kappa shape index (κ2) is 8.54. The summed E-state index contributed by atoms with van der Waals surface area (Å²) in [4.78, 5) is 22.8. The smallest absolute Gasteiger partial charge is 0.192 e. The van der Waals surface area contributed by atoms with Gasteiger partial charge in [0.05, 0.1) is 18.6 Å².